The van der Waals surface area contributed by atoms with E-state index in [2.05, 4.69) is 0 Å². The van der Waals surface area contributed by atoms with E-state index in [0.717, 1.165) is 11.3 Å². The van der Waals surface area contributed by atoms with Gasteiger partial charge in [0.25, 0.3) is 5.91 Å². The minimum Gasteiger partial charge on any atom is -0.365 e. The Morgan fingerprint density at radius 1 is 1.55 bits per heavy atom. The van der Waals surface area contributed by atoms with Crippen LogP contribution in [0.2, 0.25) is 9.36 Å². The third-order valence-electron chi connectivity index (χ3n) is 1.26. The van der Waals surface area contributed by atoms with E-state index < -0.39 is 5.91 Å². The predicted octanol–water partition coefficient (Wildman–Crippen LogP) is 2.46. The summed E-state index contributed by atoms with van der Waals surface area (Å²) >= 11 is 12.5. The molecule has 0 aromatic carbocycles. The van der Waals surface area contributed by atoms with E-state index >= 15 is 0 Å². The summed E-state index contributed by atoms with van der Waals surface area (Å²) in [6, 6.07) is 0. The number of thiophene rings is 1. The van der Waals surface area contributed by atoms with Crippen molar-refractivity contribution in [2.45, 2.75) is 6.92 Å². The molecule has 0 aliphatic carbocycles. The van der Waals surface area contributed by atoms with Crippen LogP contribution < -0.4 is 5.73 Å². The lowest BCUT2D eigenvalue weighted by atomic mass is 10.3. The first-order chi connectivity index (χ1) is 5.04. The fraction of sp³-hybridized carbons (Fsp3) is 0.167. The van der Waals surface area contributed by atoms with Crippen molar-refractivity contribution >= 4 is 40.4 Å². The Balaban J connectivity index is 3.29. The standard InChI is InChI=1S/C6H5Cl2NOS/c1-2-3(7)5(8)11-4(2)6(9)10/h1H3,(H2,9,10). The average molecular weight is 210 g/mol. The van der Waals surface area contributed by atoms with Gasteiger partial charge in [-0.15, -0.1) is 11.3 Å². The van der Waals surface area contributed by atoms with Crippen molar-refractivity contribution in [3.8, 4) is 0 Å². The molecule has 2 N–H and O–H groups in total. The van der Waals surface area contributed by atoms with Crippen LogP contribution in [0, 0.1) is 6.92 Å². The zero-order valence-electron chi connectivity index (χ0n) is 5.65. The number of amides is 1. The summed E-state index contributed by atoms with van der Waals surface area (Å²) in [5.41, 5.74) is 5.71. The molecule has 60 valence electrons. The average Bonchev–Trinajstić information content (AvgIpc) is 2.17. The van der Waals surface area contributed by atoms with Crippen LogP contribution in [-0.2, 0) is 0 Å². The molecule has 2 nitrogen and oxygen atoms in total. The van der Waals surface area contributed by atoms with Crippen LogP contribution in [-0.4, -0.2) is 5.91 Å². The first-order valence-corrected chi connectivity index (χ1v) is 4.35. The molecular weight excluding hydrogens is 205 g/mol. The number of primary amides is 1. The lowest BCUT2D eigenvalue weighted by molar-refractivity contribution is 0.100. The summed E-state index contributed by atoms with van der Waals surface area (Å²) in [6.45, 7) is 1.71. The molecule has 5 heteroatoms. The maximum atomic E-state index is 10.7. The van der Waals surface area contributed by atoms with Gasteiger partial charge in [0.15, 0.2) is 0 Å². The van der Waals surface area contributed by atoms with Crippen LogP contribution in [0.4, 0.5) is 0 Å². The molecule has 1 rings (SSSR count). The molecule has 0 spiro atoms. The van der Waals surface area contributed by atoms with Crippen molar-refractivity contribution in [1.29, 1.82) is 0 Å². The number of hydrogen-bond acceptors (Lipinski definition) is 2. The van der Waals surface area contributed by atoms with Crippen LogP contribution >= 0.6 is 34.5 Å². The number of carbonyl (C=O) groups is 1. The quantitative estimate of drug-likeness (QED) is 0.760. The molecule has 1 amide bonds. The van der Waals surface area contributed by atoms with Crippen LogP contribution in [0.25, 0.3) is 0 Å². The Hall–Kier alpha value is -0.250. The monoisotopic (exact) mass is 209 g/mol. The van der Waals surface area contributed by atoms with E-state index in [9.17, 15) is 4.79 Å². The summed E-state index contributed by atoms with van der Waals surface area (Å²) in [5.74, 6) is -0.485. The van der Waals surface area contributed by atoms with Crippen LogP contribution in [0.3, 0.4) is 0 Å². The smallest absolute Gasteiger partial charge is 0.259 e. The summed E-state index contributed by atoms with van der Waals surface area (Å²) in [5, 5.41) is 0.422. The fourth-order valence-electron chi connectivity index (χ4n) is 0.693. The van der Waals surface area contributed by atoms with Crippen molar-refractivity contribution in [2.75, 3.05) is 0 Å². The van der Waals surface area contributed by atoms with E-state index in [1.165, 1.54) is 0 Å². The van der Waals surface area contributed by atoms with Crippen LogP contribution in [0.1, 0.15) is 15.2 Å². The second-order valence-electron chi connectivity index (χ2n) is 2.01. The van der Waals surface area contributed by atoms with E-state index in [1.54, 1.807) is 6.92 Å². The molecule has 0 saturated heterocycles. The van der Waals surface area contributed by atoms with Gasteiger partial charge in [-0.05, 0) is 12.5 Å². The van der Waals surface area contributed by atoms with Gasteiger partial charge in [0.2, 0.25) is 0 Å². The molecule has 0 bridgehead atoms. The van der Waals surface area contributed by atoms with Gasteiger partial charge in [0.1, 0.15) is 4.34 Å². The van der Waals surface area contributed by atoms with Gasteiger partial charge in [0.05, 0.1) is 9.90 Å². The van der Waals surface area contributed by atoms with Gasteiger partial charge < -0.3 is 5.73 Å². The topological polar surface area (TPSA) is 43.1 Å². The van der Waals surface area contributed by atoms with Gasteiger partial charge in [-0.1, -0.05) is 23.2 Å². The summed E-state index contributed by atoms with van der Waals surface area (Å²) in [7, 11) is 0. The van der Waals surface area contributed by atoms with Crippen molar-refractivity contribution in [2.24, 2.45) is 5.73 Å². The van der Waals surface area contributed by atoms with Crippen molar-refractivity contribution in [1.82, 2.24) is 0 Å². The van der Waals surface area contributed by atoms with E-state index in [1.807, 2.05) is 0 Å². The number of nitrogens with two attached hydrogens (primary N) is 1. The molecule has 0 saturated carbocycles. The molecular formula is C6H5Cl2NOS. The fourth-order valence-corrected chi connectivity index (χ4v) is 2.11. The second-order valence-corrected chi connectivity index (χ2v) is 4.01. The second kappa shape index (κ2) is 3.01. The molecule has 0 aliphatic heterocycles. The molecule has 0 atom stereocenters. The van der Waals surface area contributed by atoms with E-state index in [0.29, 0.717) is 19.8 Å². The van der Waals surface area contributed by atoms with Crippen molar-refractivity contribution in [3.05, 3.63) is 19.8 Å². The molecule has 1 heterocycles. The summed E-state index contributed by atoms with van der Waals surface area (Å²) < 4.78 is 0.415. The minimum absolute atomic E-state index is 0.415. The largest absolute Gasteiger partial charge is 0.365 e. The normalized spacial score (nSPS) is 10.1. The minimum atomic E-state index is -0.485. The third-order valence-corrected chi connectivity index (χ3v) is 3.45. The molecule has 1 aromatic rings. The highest BCUT2D eigenvalue weighted by molar-refractivity contribution is 7.18. The van der Waals surface area contributed by atoms with Gasteiger partial charge in [0, 0.05) is 0 Å². The zero-order valence-corrected chi connectivity index (χ0v) is 7.98. The molecule has 0 unspecified atom stereocenters. The Morgan fingerprint density at radius 3 is 2.27 bits per heavy atom. The maximum Gasteiger partial charge on any atom is 0.259 e. The Bertz CT molecular complexity index is 308. The molecule has 11 heavy (non-hydrogen) atoms. The summed E-state index contributed by atoms with van der Waals surface area (Å²) in [6.07, 6.45) is 0. The van der Waals surface area contributed by atoms with Crippen molar-refractivity contribution < 1.29 is 4.79 Å². The van der Waals surface area contributed by atoms with Gasteiger partial charge in [-0.25, -0.2) is 0 Å². The Morgan fingerprint density at radius 2 is 2.09 bits per heavy atom. The van der Waals surface area contributed by atoms with E-state index in [4.69, 9.17) is 28.9 Å². The Labute approximate surface area is 77.9 Å². The van der Waals surface area contributed by atoms with Gasteiger partial charge >= 0.3 is 0 Å². The highest BCUT2D eigenvalue weighted by atomic mass is 35.5. The number of hydrogen-bond donors (Lipinski definition) is 1. The number of halogens is 2. The first kappa shape index (κ1) is 8.84. The SMILES string of the molecule is Cc1c(C(N)=O)sc(Cl)c1Cl. The van der Waals surface area contributed by atoms with Crippen molar-refractivity contribution in [3.63, 3.8) is 0 Å². The van der Waals surface area contributed by atoms with Gasteiger partial charge in [-0.3, -0.25) is 4.79 Å². The maximum absolute atomic E-state index is 10.7. The molecule has 0 fully saturated rings. The first-order valence-electron chi connectivity index (χ1n) is 2.78. The lowest BCUT2D eigenvalue weighted by Crippen LogP contribution is -2.09. The predicted molar refractivity (Wildman–Crippen MR) is 47.6 cm³/mol. The highest BCUT2D eigenvalue weighted by Gasteiger charge is 2.14. The molecule has 1 aromatic heterocycles. The Kier molecular flexibility index (Phi) is 2.42. The number of carbonyl (C=O) groups excluding carboxylic acids is 1. The zero-order chi connectivity index (χ0) is 8.59. The lowest BCUT2D eigenvalue weighted by Gasteiger charge is -1.89. The van der Waals surface area contributed by atoms with Crippen LogP contribution in [0.5, 0.6) is 0 Å². The molecule has 0 aliphatic rings. The molecule has 0 radical (unpaired) electrons. The van der Waals surface area contributed by atoms with Crippen LogP contribution in [0.15, 0.2) is 0 Å². The van der Waals surface area contributed by atoms with Gasteiger partial charge in [-0.2, -0.15) is 0 Å². The van der Waals surface area contributed by atoms with E-state index in [-0.39, 0.29) is 0 Å². The highest BCUT2D eigenvalue weighted by Crippen LogP contribution is 2.35. The third kappa shape index (κ3) is 1.50. The number of rotatable bonds is 1. The summed E-state index contributed by atoms with van der Waals surface area (Å²) in [4.78, 5) is 11.1.